The number of aryl methyl sites for hydroxylation is 1. The van der Waals surface area contributed by atoms with Crippen LogP contribution in [0, 0.1) is 12.8 Å². The minimum atomic E-state index is -0.321. The Morgan fingerprint density at radius 2 is 2.05 bits per heavy atom. The first-order valence-corrected chi connectivity index (χ1v) is 8.46. The van der Waals surface area contributed by atoms with E-state index in [2.05, 4.69) is 45.9 Å². The number of benzene rings is 1. The van der Waals surface area contributed by atoms with E-state index in [9.17, 15) is 5.11 Å². The van der Waals surface area contributed by atoms with Crippen LogP contribution in [0.15, 0.2) is 18.2 Å². The summed E-state index contributed by atoms with van der Waals surface area (Å²) in [6.07, 6.45) is 5.10. The predicted molar refractivity (Wildman–Crippen MR) is 87.9 cm³/mol. The van der Waals surface area contributed by atoms with Crippen molar-refractivity contribution < 1.29 is 9.84 Å². The summed E-state index contributed by atoms with van der Waals surface area (Å²) in [7, 11) is 0. The normalized spacial score (nSPS) is 26.1. The average Bonchev–Trinajstić information content (AvgIpc) is 2.42. The van der Waals surface area contributed by atoms with E-state index in [0.717, 1.165) is 25.0 Å². The minimum Gasteiger partial charge on any atom is -0.487 e. The molecule has 118 valence electrons. The van der Waals surface area contributed by atoms with E-state index in [1.165, 1.54) is 24.0 Å². The van der Waals surface area contributed by atoms with E-state index >= 15 is 0 Å². The molecule has 0 saturated heterocycles. The van der Waals surface area contributed by atoms with Crippen LogP contribution in [0.3, 0.4) is 0 Å². The second kappa shape index (κ2) is 7.31. The van der Waals surface area contributed by atoms with Crippen molar-refractivity contribution in [3.63, 3.8) is 0 Å². The molecule has 21 heavy (non-hydrogen) atoms. The quantitative estimate of drug-likeness (QED) is 0.842. The summed E-state index contributed by atoms with van der Waals surface area (Å²) in [5.41, 5.74) is 2.45. The molecule has 3 unspecified atom stereocenters. The first-order chi connectivity index (χ1) is 10.0. The Morgan fingerprint density at radius 3 is 2.71 bits per heavy atom. The molecule has 1 aliphatic rings. The lowest BCUT2D eigenvalue weighted by atomic mass is 9.83. The highest BCUT2D eigenvalue weighted by Crippen LogP contribution is 2.34. The minimum absolute atomic E-state index is 0.0467. The molecule has 3 atom stereocenters. The zero-order chi connectivity index (χ0) is 15.4. The van der Waals surface area contributed by atoms with Crippen molar-refractivity contribution in [2.24, 2.45) is 5.92 Å². The van der Waals surface area contributed by atoms with Gasteiger partial charge in [-0.2, -0.15) is 0 Å². The van der Waals surface area contributed by atoms with Crippen molar-refractivity contribution in [1.29, 1.82) is 0 Å². The van der Waals surface area contributed by atoms with Crippen molar-refractivity contribution in [2.75, 3.05) is 0 Å². The molecule has 1 N–H and O–H groups in total. The maximum atomic E-state index is 10.3. The fraction of sp³-hybridized carbons (Fsp3) is 0.684. The van der Waals surface area contributed by atoms with E-state index in [-0.39, 0.29) is 12.2 Å². The van der Waals surface area contributed by atoms with Gasteiger partial charge in [-0.05, 0) is 55.2 Å². The van der Waals surface area contributed by atoms with Crippen LogP contribution < -0.4 is 4.74 Å². The third kappa shape index (κ3) is 4.23. The second-order valence-electron chi connectivity index (χ2n) is 6.89. The summed E-state index contributed by atoms with van der Waals surface area (Å²) in [5, 5.41) is 10.3. The Balaban J connectivity index is 2.14. The van der Waals surface area contributed by atoms with Crippen LogP contribution in [0.1, 0.15) is 69.9 Å². The predicted octanol–water partition coefficient (Wildman–Crippen LogP) is 4.83. The molecule has 0 aliphatic heterocycles. The number of hydrogen-bond acceptors (Lipinski definition) is 2. The highest BCUT2D eigenvalue weighted by Gasteiger charge is 2.30. The van der Waals surface area contributed by atoms with E-state index < -0.39 is 0 Å². The van der Waals surface area contributed by atoms with Gasteiger partial charge in [0.1, 0.15) is 11.9 Å². The maximum absolute atomic E-state index is 10.3. The van der Waals surface area contributed by atoms with E-state index in [1.54, 1.807) is 0 Å². The molecule has 1 aromatic rings. The van der Waals surface area contributed by atoms with Crippen LogP contribution in [-0.4, -0.2) is 17.3 Å². The monoisotopic (exact) mass is 290 g/mol. The van der Waals surface area contributed by atoms with Gasteiger partial charge in [-0.3, -0.25) is 0 Å². The lowest BCUT2D eigenvalue weighted by molar-refractivity contribution is -0.0122. The molecular formula is C19H30O2. The molecule has 2 heteroatoms. The standard InChI is InChI=1S/C19H30O2/c1-5-6-15-8-10-17(20)19(12-15)21-18-11-14(4)7-9-16(18)13(2)3/h7,9,11,13,15,17,19-20H,5-6,8,10,12H2,1-4H3. The second-order valence-corrected chi connectivity index (χ2v) is 6.89. The van der Waals surface area contributed by atoms with Crippen LogP contribution in [-0.2, 0) is 0 Å². The van der Waals surface area contributed by atoms with E-state index in [1.807, 2.05) is 0 Å². The zero-order valence-electron chi connectivity index (χ0n) is 13.9. The van der Waals surface area contributed by atoms with Crippen molar-refractivity contribution >= 4 is 0 Å². The SMILES string of the molecule is CCCC1CCC(O)C(Oc2cc(C)ccc2C(C)C)C1. The van der Waals surface area contributed by atoms with Crippen molar-refractivity contribution in [2.45, 2.75) is 77.9 Å². The van der Waals surface area contributed by atoms with Crippen LogP contribution >= 0.6 is 0 Å². The fourth-order valence-corrected chi connectivity index (χ4v) is 3.38. The Kier molecular flexibility index (Phi) is 5.69. The zero-order valence-corrected chi connectivity index (χ0v) is 13.9. The summed E-state index contributed by atoms with van der Waals surface area (Å²) in [5.74, 6) is 2.11. The van der Waals surface area contributed by atoms with Crippen LogP contribution in [0.25, 0.3) is 0 Å². The van der Waals surface area contributed by atoms with Crippen molar-refractivity contribution in [3.8, 4) is 5.75 Å². The Morgan fingerprint density at radius 1 is 1.29 bits per heavy atom. The number of rotatable bonds is 5. The molecule has 2 rings (SSSR count). The summed E-state index contributed by atoms with van der Waals surface area (Å²) < 4.78 is 6.27. The summed E-state index contributed by atoms with van der Waals surface area (Å²) in [6, 6.07) is 6.42. The number of ether oxygens (including phenoxy) is 1. The van der Waals surface area contributed by atoms with Gasteiger partial charge in [0.05, 0.1) is 6.10 Å². The third-order valence-corrected chi connectivity index (χ3v) is 4.63. The first-order valence-electron chi connectivity index (χ1n) is 8.46. The largest absolute Gasteiger partial charge is 0.487 e. The maximum Gasteiger partial charge on any atom is 0.125 e. The van der Waals surface area contributed by atoms with E-state index in [0.29, 0.717) is 11.8 Å². The lowest BCUT2D eigenvalue weighted by Crippen LogP contribution is -2.38. The van der Waals surface area contributed by atoms with Gasteiger partial charge < -0.3 is 9.84 Å². The lowest BCUT2D eigenvalue weighted by Gasteiger charge is -2.34. The Bertz CT molecular complexity index is 453. The van der Waals surface area contributed by atoms with Gasteiger partial charge in [-0.1, -0.05) is 45.7 Å². The average molecular weight is 290 g/mol. The fourth-order valence-electron chi connectivity index (χ4n) is 3.38. The topological polar surface area (TPSA) is 29.5 Å². The molecule has 1 aromatic carbocycles. The highest BCUT2D eigenvalue weighted by atomic mass is 16.5. The van der Waals surface area contributed by atoms with E-state index in [4.69, 9.17) is 4.74 Å². The number of hydrogen-bond donors (Lipinski definition) is 1. The van der Waals surface area contributed by atoms with Gasteiger partial charge in [0, 0.05) is 0 Å². The summed E-state index contributed by atoms with van der Waals surface area (Å²) in [4.78, 5) is 0. The molecule has 0 radical (unpaired) electrons. The summed E-state index contributed by atoms with van der Waals surface area (Å²) >= 11 is 0. The van der Waals surface area contributed by atoms with Gasteiger partial charge in [0.25, 0.3) is 0 Å². The third-order valence-electron chi connectivity index (χ3n) is 4.63. The first kappa shape index (κ1) is 16.4. The molecule has 1 saturated carbocycles. The Hall–Kier alpha value is -1.02. The summed E-state index contributed by atoms with van der Waals surface area (Å²) in [6.45, 7) is 8.70. The molecule has 1 fully saturated rings. The van der Waals surface area contributed by atoms with Crippen LogP contribution in [0.2, 0.25) is 0 Å². The molecule has 0 amide bonds. The van der Waals surface area contributed by atoms with Gasteiger partial charge in [-0.25, -0.2) is 0 Å². The Labute approximate surface area is 129 Å². The molecule has 0 aromatic heterocycles. The number of aliphatic hydroxyl groups excluding tert-OH is 1. The van der Waals surface area contributed by atoms with Crippen molar-refractivity contribution in [1.82, 2.24) is 0 Å². The van der Waals surface area contributed by atoms with Crippen LogP contribution in [0.5, 0.6) is 5.75 Å². The molecule has 0 bridgehead atoms. The van der Waals surface area contributed by atoms with Crippen molar-refractivity contribution in [3.05, 3.63) is 29.3 Å². The number of aliphatic hydroxyl groups is 1. The molecule has 0 spiro atoms. The van der Waals surface area contributed by atoms with Gasteiger partial charge in [0.2, 0.25) is 0 Å². The molecule has 0 heterocycles. The smallest absolute Gasteiger partial charge is 0.125 e. The molecule has 2 nitrogen and oxygen atoms in total. The van der Waals surface area contributed by atoms with Crippen LogP contribution in [0.4, 0.5) is 0 Å². The molecule has 1 aliphatic carbocycles. The van der Waals surface area contributed by atoms with Gasteiger partial charge >= 0.3 is 0 Å². The molecular weight excluding hydrogens is 260 g/mol. The van der Waals surface area contributed by atoms with Gasteiger partial charge in [-0.15, -0.1) is 0 Å². The highest BCUT2D eigenvalue weighted by molar-refractivity contribution is 5.39. The van der Waals surface area contributed by atoms with Gasteiger partial charge in [0.15, 0.2) is 0 Å².